The quantitative estimate of drug-likeness (QED) is 0.832. The average Bonchev–Trinajstić information content (AvgIpc) is 3.10. The van der Waals surface area contributed by atoms with Crippen molar-refractivity contribution in [3.63, 3.8) is 0 Å². The molecule has 3 rings (SSSR count). The Morgan fingerprint density at radius 1 is 1.29 bits per heavy atom. The standard InChI is InChI=1S/C17H23N5O2/c1-10-9-12(14-11(2)19-21(5)15(14)18-10)16(23)22-8-6-7-13(22)17(24)20(3)4/h9,13H,6-8H2,1-5H3. The molecular weight excluding hydrogens is 306 g/mol. The van der Waals surface area contributed by atoms with Crippen molar-refractivity contribution in [1.82, 2.24) is 24.6 Å². The van der Waals surface area contributed by atoms with E-state index in [1.807, 2.05) is 20.9 Å². The number of aromatic nitrogens is 3. The van der Waals surface area contributed by atoms with Crippen LogP contribution in [0.3, 0.4) is 0 Å². The molecule has 0 spiro atoms. The number of aryl methyl sites for hydroxylation is 3. The van der Waals surface area contributed by atoms with E-state index in [1.54, 1.807) is 34.6 Å². The van der Waals surface area contributed by atoms with Crippen molar-refractivity contribution in [3.8, 4) is 0 Å². The lowest BCUT2D eigenvalue weighted by atomic mass is 10.1. The van der Waals surface area contributed by atoms with E-state index in [1.165, 1.54) is 0 Å². The summed E-state index contributed by atoms with van der Waals surface area (Å²) < 4.78 is 1.70. The summed E-state index contributed by atoms with van der Waals surface area (Å²) in [7, 11) is 5.27. The zero-order valence-electron chi connectivity index (χ0n) is 14.8. The molecular formula is C17H23N5O2. The van der Waals surface area contributed by atoms with Crippen molar-refractivity contribution >= 4 is 22.8 Å². The van der Waals surface area contributed by atoms with Gasteiger partial charge in [0.25, 0.3) is 5.91 Å². The third kappa shape index (κ3) is 2.53. The Balaban J connectivity index is 2.07. The highest BCUT2D eigenvalue weighted by molar-refractivity contribution is 6.07. The molecule has 1 unspecified atom stereocenters. The summed E-state index contributed by atoms with van der Waals surface area (Å²) in [6, 6.07) is 1.42. The van der Waals surface area contributed by atoms with E-state index in [-0.39, 0.29) is 17.9 Å². The first-order chi connectivity index (χ1) is 11.3. The first kappa shape index (κ1) is 16.4. The summed E-state index contributed by atoms with van der Waals surface area (Å²) in [6.45, 7) is 4.35. The number of hydrogen-bond acceptors (Lipinski definition) is 4. The van der Waals surface area contributed by atoms with Crippen LogP contribution in [0, 0.1) is 13.8 Å². The molecule has 2 aromatic heterocycles. The van der Waals surface area contributed by atoms with Crippen molar-refractivity contribution in [2.24, 2.45) is 7.05 Å². The van der Waals surface area contributed by atoms with Crippen LogP contribution in [0.25, 0.3) is 11.0 Å². The van der Waals surface area contributed by atoms with Crippen LogP contribution in [0.1, 0.15) is 34.6 Å². The number of nitrogens with zero attached hydrogens (tertiary/aromatic N) is 5. The van der Waals surface area contributed by atoms with Crippen LogP contribution in [0.5, 0.6) is 0 Å². The molecule has 24 heavy (non-hydrogen) atoms. The van der Waals surface area contributed by atoms with Gasteiger partial charge in [-0.2, -0.15) is 5.10 Å². The van der Waals surface area contributed by atoms with E-state index in [9.17, 15) is 9.59 Å². The smallest absolute Gasteiger partial charge is 0.255 e. The molecule has 0 saturated carbocycles. The van der Waals surface area contributed by atoms with Crippen LogP contribution in [0.4, 0.5) is 0 Å². The van der Waals surface area contributed by atoms with Crippen LogP contribution < -0.4 is 0 Å². The molecule has 0 aliphatic carbocycles. The maximum Gasteiger partial charge on any atom is 0.255 e. The average molecular weight is 329 g/mol. The molecule has 2 aromatic rings. The van der Waals surface area contributed by atoms with E-state index < -0.39 is 0 Å². The normalized spacial score (nSPS) is 17.5. The third-order valence-electron chi connectivity index (χ3n) is 4.57. The number of rotatable bonds is 2. The van der Waals surface area contributed by atoms with Crippen LogP contribution in [-0.2, 0) is 11.8 Å². The van der Waals surface area contributed by atoms with Gasteiger partial charge in [0, 0.05) is 33.4 Å². The van der Waals surface area contributed by atoms with Gasteiger partial charge < -0.3 is 9.80 Å². The van der Waals surface area contributed by atoms with Gasteiger partial charge in [-0.3, -0.25) is 14.3 Å². The number of pyridine rings is 1. The monoisotopic (exact) mass is 329 g/mol. The Hall–Kier alpha value is -2.44. The van der Waals surface area contributed by atoms with Crippen LogP contribution in [0.15, 0.2) is 6.07 Å². The maximum absolute atomic E-state index is 13.2. The Morgan fingerprint density at radius 2 is 2.00 bits per heavy atom. The third-order valence-corrected chi connectivity index (χ3v) is 4.57. The largest absolute Gasteiger partial charge is 0.347 e. The molecule has 1 saturated heterocycles. The lowest BCUT2D eigenvalue weighted by Crippen LogP contribution is -2.45. The molecule has 0 N–H and O–H groups in total. The minimum atomic E-state index is -0.381. The number of amides is 2. The lowest BCUT2D eigenvalue weighted by molar-refractivity contribution is -0.132. The first-order valence-electron chi connectivity index (χ1n) is 8.14. The zero-order chi connectivity index (χ0) is 17.6. The van der Waals surface area contributed by atoms with Crippen molar-refractivity contribution < 1.29 is 9.59 Å². The molecule has 3 heterocycles. The predicted octanol–water partition coefficient (Wildman–Crippen LogP) is 1.28. The summed E-state index contributed by atoms with van der Waals surface area (Å²) in [5, 5.41) is 5.17. The summed E-state index contributed by atoms with van der Waals surface area (Å²) in [6.07, 6.45) is 1.55. The van der Waals surface area contributed by atoms with E-state index in [4.69, 9.17) is 0 Å². The summed E-state index contributed by atoms with van der Waals surface area (Å²) >= 11 is 0. The van der Waals surface area contributed by atoms with Gasteiger partial charge in [0.2, 0.25) is 5.91 Å². The van der Waals surface area contributed by atoms with Gasteiger partial charge in [-0.05, 0) is 32.8 Å². The van der Waals surface area contributed by atoms with Gasteiger partial charge in [-0.1, -0.05) is 0 Å². The minimum absolute atomic E-state index is 0.0224. The Labute approximate surface area is 141 Å². The highest BCUT2D eigenvalue weighted by atomic mass is 16.2. The molecule has 0 radical (unpaired) electrons. The predicted molar refractivity (Wildman–Crippen MR) is 90.7 cm³/mol. The van der Waals surface area contributed by atoms with Crippen LogP contribution in [-0.4, -0.2) is 63.1 Å². The highest BCUT2D eigenvalue weighted by Crippen LogP contribution is 2.27. The highest BCUT2D eigenvalue weighted by Gasteiger charge is 2.36. The topological polar surface area (TPSA) is 71.3 Å². The van der Waals surface area contributed by atoms with E-state index in [0.717, 1.165) is 23.2 Å². The second-order valence-corrected chi connectivity index (χ2v) is 6.61. The first-order valence-corrected chi connectivity index (χ1v) is 8.14. The number of likely N-dealkylation sites (N-methyl/N-ethyl adjacent to an activating group) is 1. The SMILES string of the molecule is Cc1cc(C(=O)N2CCCC2C(=O)N(C)C)c2c(C)nn(C)c2n1. The maximum atomic E-state index is 13.2. The molecule has 7 nitrogen and oxygen atoms in total. The van der Waals surface area contributed by atoms with Crippen molar-refractivity contribution in [3.05, 3.63) is 23.0 Å². The number of carbonyl (C=O) groups is 2. The Bertz CT molecular complexity index is 824. The number of fused-ring (bicyclic) bond motifs is 1. The summed E-state index contributed by atoms with van der Waals surface area (Å²) in [5.74, 6) is -0.134. The minimum Gasteiger partial charge on any atom is -0.347 e. The van der Waals surface area contributed by atoms with E-state index >= 15 is 0 Å². The fourth-order valence-electron chi connectivity index (χ4n) is 3.46. The fourth-order valence-corrected chi connectivity index (χ4v) is 3.46. The second-order valence-electron chi connectivity index (χ2n) is 6.61. The molecule has 1 aliphatic rings. The van der Waals surface area contributed by atoms with Gasteiger partial charge in [-0.15, -0.1) is 0 Å². The molecule has 128 valence electrons. The summed E-state index contributed by atoms with van der Waals surface area (Å²) in [4.78, 5) is 33.4. The van der Waals surface area contributed by atoms with Crippen molar-refractivity contribution in [1.29, 1.82) is 0 Å². The molecule has 1 aliphatic heterocycles. The number of hydrogen-bond donors (Lipinski definition) is 0. The second kappa shape index (κ2) is 5.89. The summed E-state index contributed by atoms with van der Waals surface area (Å²) in [5.41, 5.74) is 2.83. The number of likely N-dealkylation sites (tertiary alicyclic amines) is 1. The van der Waals surface area contributed by atoms with E-state index in [2.05, 4.69) is 10.1 Å². The molecule has 1 atom stereocenters. The lowest BCUT2D eigenvalue weighted by Gasteiger charge is -2.26. The molecule has 0 aromatic carbocycles. The van der Waals surface area contributed by atoms with Gasteiger partial charge in [-0.25, -0.2) is 4.98 Å². The molecule has 7 heteroatoms. The van der Waals surface area contributed by atoms with Gasteiger partial charge in [0.05, 0.1) is 16.6 Å². The molecule has 0 bridgehead atoms. The van der Waals surface area contributed by atoms with Crippen molar-refractivity contribution in [2.45, 2.75) is 32.7 Å². The molecule has 2 amide bonds. The zero-order valence-corrected chi connectivity index (χ0v) is 14.8. The molecule has 1 fully saturated rings. The van der Waals surface area contributed by atoms with E-state index in [0.29, 0.717) is 24.2 Å². The fraction of sp³-hybridized carbons (Fsp3) is 0.529. The van der Waals surface area contributed by atoms with Gasteiger partial charge in [0.1, 0.15) is 6.04 Å². The number of carbonyl (C=O) groups excluding carboxylic acids is 2. The Morgan fingerprint density at radius 3 is 2.67 bits per heavy atom. The van der Waals surface area contributed by atoms with Gasteiger partial charge in [0.15, 0.2) is 5.65 Å². The van der Waals surface area contributed by atoms with Gasteiger partial charge >= 0.3 is 0 Å². The Kier molecular flexibility index (Phi) is 4.03. The van der Waals surface area contributed by atoms with Crippen LogP contribution >= 0.6 is 0 Å². The van der Waals surface area contributed by atoms with Crippen LogP contribution in [0.2, 0.25) is 0 Å². The van der Waals surface area contributed by atoms with Crippen molar-refractivity contribution in [2.75, 3.05) is 20.6 Å².